The van der Waals surface area contributed by atoms with Gasteiger partial charge in [0.05, 0.1) is 6.54 Å². The van der Waals surface area contributed by atoms with Gasteiger partial charge in [0.2, 0.25) is 0 Å². The normalized spacial score (nSPS) is 21.2. The number of likely N-dealkylation sites (tertiary alicyclic amines) is 1. The van der Waals surface area contributed by atoms with Crippen LogP contribution in [-0.4, -0.2) is 47.6 Å². The Morgan fingerprint density at radius 1 is 1.37 bits per heavy atom. The van der Waals surface area contributed by atoms with E-state index in [-0.39, 0.29) is 6.61 Å². The number of rotatable bonds is 6. The van der Waals surface area contributed by atoms with E-state index >= 15 is 0 Å². The van der Waals surface area contributed by atoms with Gasteiger partial charge in [0, 0.05) is 19.1 Å². The van der Waals surface area contributed by atoms with E-state index in [9.17, 15) is 0 Å². The average Bonchev–Trinajstić information content (AvgIpc) is 2.85. The highest BCUT2D eigenvalue weighted by atomic mass is 16.4. The monoisotopic (exact) mass is 266 g/mol. The molecule has 1 saturated heterocycles. The average molecular weight is 266 g/mol. The Morgan fingerprint density at radius 2 is 2.16 bits per heavy atom. The van der Waals surface area contributed by atoms with Crippen molar-refractivity contribution in [1.82, 2.24) is 9.80 Å². The fourth-order valence-electron chi connectivity index (χ4n) is 2.73. The highest BCUT2D eigenvalue weighted by Gasteiger charge is 2.18. The number of nitrogens with zero attached hydrogens (tertiary/aromatic N) is 2. The third-order valence-corrected chi connectivity index (χ3v) is 4.01. The molecule has 4 heteroatoms. The van der Waals surface area contributed by atoms with E-state index in [4.69, 9.17) is 9.52 Å². The van der Waals surface area contributed by atoms with Gasteiger partial charge in [0.15, 0.2) is 0 Å². The summed E-state index contributed by atoms with van der Waals surface area (Å²) in [5, 5.41) is 8.97. The smallest absolute Gasteiger partial charge is 0.129 e. The van der Waals surface area contributed by atoms with Gasteiger partial charge in [0.25, 0.3) is 0 Å². The molecule has 0 aliphatic carbocycles. The topological polar surface area (TPSA) is 39.9 Å². The molecule has 0 spiro atoms. The first kappa shape index (κ1) is 14.6. The molecular formula is C15H26N2O2. The summed E-state index contributed by atoms with van der Waals surface area (Å²) in [6.07, 6.45) is 4.05. The third-order valence-electron chi connectivity index (χ3n) is 4.01. The van der Waals surface area contributed by atoms with Crippen LogP contribution in [0.1, 0.15) is 37.7 Å². The number of hydrogen-bond donors (Lipinski definition) is 1. The fraction of sp³-hybridized carbons (Fsp3) is 0.733. The van der Waals surface area contributed by atoms with Crippen molar-refractivity contribution in [3.8, 4) is 0 Å². The van der Waals surface area contributed by atoms with Crippen molar-refractivity contribution in [2.24, 2.45) is 0 Å². The van der Waals surface area contributed by atoms with Gasteiger partial charge in [-0.2, -0.15) is 0 Å². The lowest BCUT2D eigenvalue weighted by Gasteiger charge is -2.34. The van der Waals surface area contributed by atoms with Crippen LogP contribution >= 0.6 is 0 Å². The number of aliphatic hydroxyl groups is 1. The van der Waals surface area contributed by atoms with Gasteiger partial charge in [-0.1, -0.05) is 6.42 Å². The van der Waals surface area contributed by atoms with E-state index in [1.165, 1.54) is 25.8 Å². The summed E-state index contributed by atoms with van der Waals surface area (Å²) in [5.74, 6) is 1.58. The van der Waals surface area contributed by atoms with E-state index in [0.29, 0.717) is 5.76 Å². The second-order valence-corrected chi connectivity index (χ2v) is 5.64. The number of piperidine rings is 1. The molecule has 0 amide bonds. The van der Waals surface area contributed by atoms with E-state index in [1.54, 1.807) is 0 Å². The highest BCUT2D eigenvalue weighted by molar-refractivity contribution is 5.06. The molecule has 1 aliphatic rings. The Balaban J connectivity index is 1.73. The molecule has 108 valence electrons. The van der Waals surface area contributed by atoms with Gasteiger partial charge in [-0.25, -0.2) is 0 Å². The zero-order valence-corrected chi connectivity index (χ0v) is 12.1. The molecule has 19 heavy (non-hydrogen) atoms. The molecule has 0 saturated carbocycles. The molecule has 2 heterocycles. The number of hydrogen-bond acceptors (Lipinski definition) is 4. The maximum absolute atomic E-state index is 8.97. The molecular weight excluding hydrogens is 240 g/mol. The first-order valence-electron chi connectivity index (χ1n) is 7.30. The standard InChI is InChI=1S/C15H26N2O2/c1-13-5-3-4-8-17(13)10-9-16(2)11-14-6-7-15(12-18)19-14/h6-7,13,18H,3-5,8-12H2,1-2H3/t13-/m0/s1. The Morgan fingerprint density at radius 3 is 2.84 bits per heavy atom. The molecule has 1 aliphatic heterocycles. The van der Waals surface area contributed by atoms with Crippen LogP contribution in [0.2, 0.25) is 0 Å². The van der Waals surface area contributed by atoms with Crippen molar-refractivity contribution >= 4 is 0 Å². The Hall–Kier alpha value is -0.840. The summed E-state index contributed by atoms with van der Waals surface area (Å²) in [6, 6.07) is 4.52. The zero-order valence-electron chi connectivity index (χ0n) is 12.1. The molecule has 1 aromatic heterocycles. The third kappa shape index (κ3) is 4.34. The van der Waals surface area contributed by atoms with Crippen LogP contribution in [0.4, 0.5) is 0 Å². The number of furan rings is 1. The summed E-state index contributed by atoms with van der Waals surface area (Å²) in [5.41, 5.74) is 0. The summed E-state index contributed by atoms with van der Waals surface area (Å²) in [4.78, 5) is 4.86. The van der Waals surface area contributed by atoms with E-state index in [0.717, 1.165) is 31.4 Å². The lowest BCUT2D eigenvalue weighted by atomic mass is 10.0. The minimum Gasteiger partial charge on any atom is -0.462 e. The van der Waals surface area contributed by atoms with E-state index in [1.807, 2.05) is 12.1 Å². The molecule has 1 fully saturated rings. The minimum absolute atomic E-state index is 0.0188. The Kier molecular flexibility index (Phi) is 5.43. The first-order chi connectivity index (χ1) is 9.19. The number of likely N-dealkylation sites (N-methyl/N-ethyl adjacent to an activating group) is 1. The highest BCUT2D eigenvalue weighted by Crippen LogP contribution is 2.16. The maximum atomic E-state index is 8.97. The largest absolute Gasteiger partial charge is 0.462 e. The molecule has 0 aromatic carbocycles. The van der Waals surface area contributed by atoms with Gasteiger partial charge >= 0.3 is 0 Å². The molecule has 4 nitrogen and oxygen atoms in total. The fourth-order valence-corrected chi connectivity index (χ4v) is 2.73. The van der Waals surface area contributed by atoms with Gasteiger partial charge < -0.3 is 9.52 Å². The molecule has 0 unspecified atom stereocenters. The van der Waals surface area contributed by atoms with Crippen LogP contribution in [0.25, 0.3) is 0 Å². The summed E-state index contributed by atoms with van der Waals surface area (Å²) in [7, 11) is 2.12. The van der Waals surface area contributed by atoms with Gasteiger partial charge in [0.1, 0.15) is 18.1 Å². The minimum atomic E-state index is -0.0188. The molecule has 0 radical (unpaired) electrons. The number of aliphatic hydroxyl groups excluding tert-OH is 1. The molecule has 1 atom stereocenters. The van der Waals surface area contributed by atoms with Crippen LogP contribution in [0.3, 0.4) is 0 Å². The second kappa shape index (κ2) is 7.08. The molecule has 1 N–H and O–H groups in total. The van der Waals surface area contributed by atoms with E-state index < -0.39 is 0 Å². The predicted molar refractivity (Wildman–Crippen MR) is 75.9 cm³/mol. The van der Waals surface area contributed by atoms with Gasteiger partial charge in [-0.15, -0.1) is 0 Å². The van der Waals surface area contributed by atoms with Crippen LogP contribution in [0.15, 0.2) is 16.5 Å². The van der Waals surface area contributed by atoms with E-state index in [2.05, 4.69) is 23.8 Å². The van der Waals surface area contributed by atoms with Crippen LogP contribution < -0.4 is 0 Å². The summed E-state index contributed by atoms with van der Waals surface area (Å²) >= 11 is 0. The van der Waals surface area contributed by atoms with Crippen LogP contribution in [0, 0.1) is 0 Å². The lowest BCUT2D eigenvalue weighted by Crippen LogP contribution is -2.41. The van der Waals surface area contributed by atoms with Crippen molar-refractivity contribution in [2.45, 2.75) is 45.4 Å². The van der Waals surface area contributed by atoms with Crippen molar-refractivity contribution in [3.63, 3.8) is 0 Å². The van der Waals surface area contributed by atoms with Crippen LogP contribution in [0.5, 0.6) is 0 Å². The molecule has 0 bridgehead atoms. The quantitative estimate of drug-likeness (QED) is 0.856. The molecule has 2 rings (SSSR count). The maximum Gasteiger partial charge on any atom is 0.129 e. The van der Waals surface area contributed by atoms with Crippen molar-refractivity contribution < 1.29 is 9.52 Å². The Labute approximate surface area is 116 Å². The van der Waals surface area contributed by atoms with Crippen molar-refractivity contribution in [3.05, 3.63) is 23.7 Å². The van der Waals surface area contributed by atoms with Crippen molar-refractivity contribution in [2.75, 3.05) is 26.7 Å². The molecule has 1 aromatic rings. The second-order valence-electron chi connectivity index (χ2n) is 5.64. The Bertz CT molecular complexity index is 378. The lowest BCUT2D eigenvalue weighted by molar-refractivity contribution is 0.138. The van der Waals surface area contributed by atoms with Gasteiger partial charge in [-0.3, -0.25) is 9.80 Å². The SMILES string of the molecule is C[C@H]1CCCCN1CCN(C)Cc1ccc(CO)o1. The summed E-state index contributed by atoms with van der Waals surface area (Å²) < 4.78 is 5.51. The predicted octanol–water partition coefficient (Wildman–Crippen LogP) is 2.08. The van der Waals surface area contributed by atoms with Crippen molar-refractivity contribution in [1.29, 1.82) is 0 Å². The van der Waals surface area contributed by atoms with Gasteiger partial charge in [-0.05, 0) is 45.5 Å². The van der Waals surface area contributed by atoms with Crippen LogP contribution in [-0.2, 0) is 13.2 Å². The zero-order chi connectivity index (χ0) is 13.7. The first-order valence-corrected chi connectivity index (χ1v) is 7.30. The summed E-state index contributed by atoms with van der Waals surface area (Å²) in [6.45, 7) is 6.55.